The molecule has 4 aromatic carbocycles. The average Bonchev–Trinajstić information content (AvgIpc) is 2.92. The fourth-order valence-corrected chi connectivity index (χ4v) is 4.60. The van der Waals surface area contributed by atoms with Crippen molar-refractivity contribution >= 4 is 33.6 Å². The number of rotatable bonds is 8. The van der Waals surface area contributed by atoms with Crippen molar-refractivity contribution in [3.8, 4) is 28.6 Å². The van der Waals surface area contributed by atoms with E-state index in [0.29, 0.717) is 40.4 Å². The standard InChI is InChI=1S/C31H25IO5/c1-20-15-23(16-27(34-2)29(20)35-18-21-9-5-3-6-10-21)30-31(36-19-22-11-7-4-8-12-22)28(33)25-14-13-24(32)17-26(25)37-30/h3-17H,18-19H2,1-2H3. The largest absolute Gasteiger partial charge is 0.493 e. The Morgan fingerprint density at radius 1 is 0.784 bits per heavy atom. The summed E-state index contributed by atoms with van der Waals surface area (Å²) in [4.78, 5) is 13.6. The number of halogens is 1. The van der Waals surface area contributed by atoms with Gasteiger partial charge in [0.25, 0.3) is 0 Å². The van der Waals surface area contributed by atoms with E-state index in [1.165, 1.54) is 0 Å². The van der Waals surface area contributed by atoms with Crippen molar-refractivity contribution in [1.29, 1.82) is 0 Å². The Balaban J connectivity index is 1.58. The van der Waals surface area contributed by atoms with Gasteiger partial charge in [0.2, 0.25) is 11.2 Å². The Morgan fingerprint density at radius 2 is 1.41 bits per heavy atom. The van der Waals surface area contributed by atoms with Crippen LogP contribution in [0.2, 0.25) is 0 Å². The van der Waals surface area contributed by atoms with E-state index >= 15 is 0 Å². The molecule has 6 heteroatoms. The maximum absolute atomic E-state index is 13.6. The van der Waals surface area contributed by atoms with Crippen molar-refractivity contribution in [2.45, 2.75) is 20.1 Å². The fourth-order valence-electron chi connectivity index (χ4n) is 4.14. The zero-order valence-corrected chi connectivity index (χ0v) is 22.7. The van der Waals surface area contributed by atoms with Crippen LogP contribution in [0.4, 0.5) is 0 Å². The number of methoxy groups -OCH3 is 1. The van der Waals surface area contributed by atoms with E-state index in [-0.39, 0.29) is 17.8 Å². The first-order valence-corrected chi connectivity index (χ1v) is 12.9. The Bertz CT molecular complexity index is 1590. The molecule has 0 atom stereocenters. The lowest BCUT2D eigenvalue weighted by atomic mass is 10.1. The number of hydrogen-bond donors (Lipinski definition) is 0. The number of ether oxygens (including phenoxy) is 3. The van der Waals surface area contributed by atoms with Gasteiger partial charge < -0.3 is 18.6 Å². The molecule has 0 unspecified atom stereocenters. The molecule has 0 aliphatic rings. The molecule has 1 aromatic heterocycles. The van der Waals surface area contributed by atoms with Crippen LogP contribution >= 0.6 is 22.6 Å². The van der Waals surface area contributed by atoms with Crippen LogP contribution in [-0.2, 0) is 13.2 Å². The van der Waals surface area contributed by atoms with Gasteiger partial charge in [-0.05, 0) is 76.5 Å². The van der Waals surface area contributed by atoms with Crippen LogP contribution in [0.15, 0.2) is 100 Å². The second-order valence-electron chi connectivity index (χ2n) is 8.60. The van der Waals surface area contributed by atoms with Crippen LogP contribution < -0.4 is 19.6 Å². The smallest absolute Gasteiger partial charge is 0.235 e. The highest BCUT2D eigenvalue weighted by Crippen LogP contribution is 2.40. The van der Waals surface area contributed by atoms with E-state index in [2.05, 4.69) is 22.6 Å². The second kappa shape index (κ2) is 11.1. The molecule has 0 fully saturated rings. The van der Waals surface area contributed by atoms with E-state index in [4.69, 9.17) is 18.6 Å². The fraction of sp³-hybridized carbons (Fsp3) is 0.129. The van der Waals surface area contributed by atoms with Crippen molar-refractivity contribution < 1.29 is 18.6 Å². The summed E-state index contributed by atoms with van der Waals surface area (Å²) in [5, 5.41) is 0.471. The Hall–Kier alpha value is -3.78. The molecule has 5 aromatic rings. The molecule has 37 heavy (non-hydrogen) atoms. The maximum Gasteiger partial charge on any atom is 0.235 e. The maximum atomic E-state index is 13.6. The molecule has 0 saturated heterocycles. The monoisotopic (exact) mass is 604 g/mol. The van der Waals surface area contributed by atoms with Gasteiger partial charge in [-0.2, -0.15) is 0 Å². The lowest BCUT2D eigenvalue weighted by molar-refractivity contribution is 0.282. The van der Waals surface area contributed by atoms with Gasteiger partial charge in [-0.3, -0.25) is 4.79 Å². The van der Waals surface area contributed by atoms with Gasteiger partial charge in [-0.25, -0.2) is 0 Å². The number of benzene rings is 4. The highest BCUT2D eigenvalue weighted by molar-refractivity contribution is 14.1. The number of aryl methyl sites for hydroxylation is 1. The van der Waals surface area contributed by atoms with Crippen molar-refractivity contribution in [2.75, 3.05) is 7.11 Å². The van der Waals surface area contributed by atoms with E-state index in [9.17, 15) is 4.79 Å². The molecule has 0 aliphatic carbocycles. The zero-order chi connectivity index (χ0) is 25.8. The number of hydrogen-bond acceptors (Lipinski definition) is 5. The predicted molar refractivity (Wildman–Crippen MR) is 153 cm³/mol. The van der Waals surface area contributed by atoms with Crippen LogP contribution in [0.5, 0.6) is 17.2 Å². The summed E-state index contributed by atoms with van der Waals surface area (Å²) < 4.78 is 25.2. The van der Waals surface area contributed by atoms with Crippen molar-refractivity contribution in [1.82, 2.24) is 0 Å². The van der Waals surface area contributed by atoms with Crippen molar-refractivity contribution in [3.63, 3.8) is 0 Å². The lowest BCUT2D eigenvalue weighted by Gasteiger charge is -2.17. The normalized spacial score (nSPS) is 10.9. The van der Waals surface area contributed by atoms with E-state index in [1.807, 2.05) is 91.9 Å². The van der Waals surface area contributed by atoms with Gasteiger partial charge >= 0.3 is 0 Å². The molecule has 1 heterocycles. The minimum absolute atomic E-state index is 0.164. The zero-order valence-electron chi connectivity index (χ0n) is 20.5. The van der Waals surface area contributed by atoms with Gasteiger partial charge in [0.15, 0.2) is 17.3 Å². The molecule has 0 N–H and O–H groups in total. The van der Waals surface area contributed by atoms with E-state index in [0.717, 1.165) is 20.3 Å². The molecule has 0 saturated carbocycles. The van der Waals surface area contributed by atoms with Crippen molar-refractivity contribution in [3.05, 3.63) is 121 Å². The first-order chi connectivity index (χ1) is 18.0. The SMILES string of the molecule is COc1cc(-c2oc3cc(I)ccc3c(=O)c2OCc2ccccc2)cc(C)c1OCc1ccccc1. The molecule has 0 aliphatic heterocycles. The molecule has 0 bridgehead atoms. The van der Waals surface area contributed by atoms with Crippen LogP contribution in [0.1, 0.15) is 16.7 Å². The average molecular weight is 604 g/mol. The summed E-state index contributed by atoms with van der Waals surface area (Å²) in [7, 11) is 1.60. The first-order valence-electron chi connectivity index (χ1n) is 11.8. The third kappa shape index (κ3) is 5.49. The van der Waals surface area contributed by atoms with Gasteiger partial charge in [-0.1, -0.05) is 60.7 Å². The molecule has 186 valence electrons. The first kappa shape index (κ1) is 24.9. The molecule has 0 spiro atoms. The molecule has 5 rings (SSSR count). The summed E-state index contributed by atoms with van der Waals surface area (Å²) >= 11 is 2.20. The van der Waals surface area contributed by atoms with Gasteiger partial charge in [0.05, 0.1) is 12.5 Å². The van der Waals surface area contributed by atoms with E-state index < -0.39 is 0 Å². The van der Waals surface area contributed by atoms with Gasteiger partial charge in [0, 0.05) is 9.13 Å². The summed E-state index contributed by atoms with van der Waals surface area (Å²) in [6.07, 6.45) is 0. The minimum Gasteiger partial charge on any atom is -0.493 e. The van der Waals surface area contributed by atoms with Crippen LogP contribution in [0, 0.1) is 10.5 Å². The lowest BCUT2D eigenvalue weighted by Crippen LogP contribution is -2.10. The minimum atomic E-state index is -0.218. The molecule has 0 amide bonds. The summed E-state index contributed by atoms with van der Waals surface area (Å²) in [5.74, 6) is 1.70. The Kier molecular flexibility index (Phi) is 7.46. The summed E-state index contributed by atoms with van der Waals surface area (Å²) in [5.41, 5.74) is 3.81. The third-order valence-electron chi connectivity index (χ3n) is 5.99. The third-order valence-corrected chi connectivity index (χ3v) is 6.66. The Labute approximate surface area is 228 Å². The highest BCUT2D eigenvalue weighted by atomic mass is 127. The predicted octanol–water partition coefficient (Wildman–Crippen LogP) is 7.54. The second-order valence-corrected chi connectivity index (χ2v) is 9.85. The van der Waals surface area contributed by atoms with Crippen LogP contribution in [-0.4, -0.2) is 7.11 Å². The number of fused-ring (bicyclic) bond motifs is 1. The van der Waals surface area contributed by atoms with Crippen LogP contribution in [0.25, 0.3) is 22.3 Å². The quantitative estimate of drug-likeness (QED) is 0.171. The summed E-state index contributed by atoms with van der Waals surface area (Å²) in [6.45, 7) is 2.59. The van der Waals surface area contributed by atoms with Gasteiger partial charge in [-0.15, -0.1) is 0 Å². The molecular formula is C31H25IO5. The van der Waals surface area contributed by atoms with Crippen LogP contribution in [0.3, 0.4) is 0 Å². The molecular weight excluding hydrogens is 579 g/mol. The topological polar surface area (TPSA) is 57.9 Å². The molecule has 5 nitrogen and oxygen atoms in total. The van der Waals surface area contributed by atoms with E-state index in [1.54, 1.807) is 13.2 Å². The van der Waals surface area contributed by atoms with Gasteiger partial charge in [0.1, 0.15) is 18.8 Å². The Morgan fingerprint density at radius 3 is 2.03 bits per heavy atom. The van der Waals surface area contributed by atoms with Crippen molar-refractivity contribution in [2.24, 2.45) is 0 Å². The molecule has 0 radical (unpaired) electrons. The summed E-state index contributed by atoms with van der Waals surface area (Å²) in [6, 6.07) is 28.9. The highest BCUT2D eigenvalue weighted by Gasteiger charge is 2.21.